The molecule has 1 spiro atoms. The summed E-state index contributed by atoms with van der Waals surface area (Å²) in [6, 6.07) is 0. The zero-order chi connectivity index (χ0) is 6.86. The maximum Gasteiger partial charge on any atom is -0.00434 e. The molecule has 0 saturated carbocycles. The third-order valence-corrected chi connectivity index (χ3v) is 2.82. The van der Waals surface area contributed by atoms with Crippen molar-refractivity contribution in [3.05, 3.63) is 12.2 Å². The lowest BCUT2D eigenvalue weighted by Gasteiger charge is -2.33. The fourth-order valence-electron chi connectivity index (χ4n) is 1.99. The number of piperidine rings is 1. The Balaban J connectivity index is 2.00. The van der Waals surface area contributed by atoms with Crippen LogP contribution in [0.1, 0.15) is 25.7 Å². The molecule has 10 heavy (non-hydrogen) atoms. The van der Waals surface area contributed by atoms with Crippen LogP contribution < -0.4 is 5.32 Å². The average molecular weight is 136 g/mol. The second-order valence-electron chi connectivity index (χ2n) is 3.54. The minimum atomic E-state index is 0.644. The predicted molar refractivity (Wildman–Crippen MR) is 41.6 cm³/mol. The highest BCUT2D eigenvalue weighted by atomic mass is 14.9. The van der Waals surface area contributed by atoms with Crippen LogP contribution in [0, 0.1) is 11.5 Å². The van der Waals surface area contributed by atoms with Crippen LogP contribution in [0.4, 0.5) is 0 Å². The topological polar surface area (TPSA) is 12.0 Å². The van der Waals surface area contributed by atoms with Gasteiger partial charge in [-0.3, -0.25) is 0 Å². The van der Waals surface area contributed by atoms with E-state index >= 15 is 0 Å². The number of hydrogen-bond donors (Lipinski definition) is 1. The number of allylic oxidation sites excluding steroid dienone is 2. The molecule has 0 unspecified atom stereocenters. The summed E-state index contributed by atoms with van der Waals surface area (Å²) in [7, 11) is 0. The average Bonchev–Trinajstić information content (AvgIpc) is 2.39. The fraction of sp³-hybridized carbons (Fsp3) is 0.778. The van der Waals surface area contributed by atoms with Gasteiger partial charge >= 0.3 is 0 Å². The third-order valence-electron chi connectivity index (χ3n) is 2.82. The fourth-order valence-corrected chi connectivity index (χ4v) is 1.99. The Morgan fingerprint density at radius 3 is 2.70 bits per heavy atom. The molecule has 1 N–H and O–H groups in total. The summed E-state index contributed by atoms with van der Waals surface area (Å²) in [6.07, 6.45) is 10.8. The molecule has 1 nitrogen and oxygen atoms in total. The van der Waals surface area contributed by atoms with E-state index in [1.54, 1.807) is 0 Å². The standard InChI is InChI=1S/C9H14N/c1-2-4-9(3-1)5-7-10-8-6-9/h1,10H,3-8H2. The molecule has 0 atom stereocenters. The molecule has 1 saturated heterocycles. The SMILES string of the molecule is [C]1=CCC2(C1)CCNCC2. The smallest absolute Gasteiger partial charge is 0.00434 e. The third kappa shape index (κ3) is 0.988. The molecule has 1 aliphatic heterocycles. The van der Waals surface area contributed by atoms with Gasteiger partial charge in [0.25, 0.3) is 0 Å². The van der Waals surface area contributed by atoms with Gasteiger partial charge in [-0.25, -0.2) is 0 Å². The zero-order valence-corrected chi connectivity index (χ0v) is 6.32. The van der Waals surface area contributed by atoms with Crippen LogP contribution in [0.25, 0.3) is 0 Å². The second-order valence-corrected chi connectivity index (χ2v) is 3.54. The predicted octanol–water partition coefficient (Wildman–Crippen LogP) is 1.51. The Labute approximate surface area is 62.5 Å². The molecule has 1 fully saturated rings. The summed E-state index contributed by atoms with van der Waals surface area (Å²) >= 11 is 0. The Bertz CT molecular complexity index is 133. The van der Waals surface area contributed by atoms with Crippen LogP contribution in [0.3, 0.4) is 0 Å². The molecule has 0 aromatic rings. The highest BCUT2D eigenvalue weighted by Gasteiger charge is 2.31. The minimum absolute atomic E-state index is 0.644. The molecule has 1 heterocycles. The Hall–Kier alpha value is -0.300. The van der Waals surface area contributed by atoms with Crippen molar-refractivity contribution in [2.24, 2.45) is 5.41 Å². The quantitative estimate of drug-likeness (QED) is 0.532. The zero-order valence-electron chi connectivity index (χ0n) is 6.32. The molecule has 2 rings (SSSR count). The van der Waals surface area contributed by atoms with E-state index in [9.17, 15) is 0 Å². The first kappa shape index (κ1) is 6.41. The first-order valence-corrected chi connectivity index (χ1v) is 4.17. The highest BCUT2D eigenvalue weighted by Crippen LogP contribution is 2.40. The second kappa shape index (κ2) is 2.39. The molecule has 0 aromatic heterocycles. The normalized spacial score (nSPS) is 29.6. The van der Waals surface area contributed by atoms with Gasteiger partial charge in [-0.05, 0) is 50.3 Å². The first-order chi connectivity index (χ1) is 4.91. The van der Waals surface area contributed by atoms with Gasteiger partial charge in [0.2, 0.25) is 0 Å². The number of rotatable bonds is 0. The van der Waals surface area contributed by atoms with Crippen molar-refractivity contribution in [3.63, 3.8) is 0 Å². The van der Waals surface area contributed by atoms with Crippen LogP contribution in [0.15, 0.2) is 6.08 Å². The molecule has 0 bridgehead atoms. The van der Waals surface area contributed by atoms with E-state index in [1.807, 2.05) is 0 Å². The summed E-state index contributed by atoms with van der Waals surface area (Å²) in [4.78, 5) is 0. The molecule has 1 radical (unpaired) electrons. The van der Waals surface area contributed by atoms with Crippen molar-refractivity contribution in [2.45, 2.75) is 25.7 Å². The number of hydrogen-bond acceptors (Lipinski definition) is 1. The van der Waals surface area contributed by atoms with Gasteiger partial charge in [-0.2, -0.15) is 0 Å². The van der Waals surface area contributed by atoms with Crippen molar-refractivity contribution in [3.8, 4) is 0 Å². The van der Waals surface area contributed by atoms with E-state index in [0.29, 0.717) is 5.41 Å². The van der Waals surface area contributed by atoms with Crippen molar-refractivity contribution >= 4 is 0 Å². The lowest BCUT2D eigenvalue weighted by Crippen LogP contribution is -2.34. The molecule has 1 heteroatoms. The highest BCUT2D eigenvalue weighted by molar-refractivity contribution is 4.99. The lowest BCUT2D eigenvalue weighted by molar-refractivity contribution is 0.218. The van der Waals surface area contributed by atoms with Crippen LogP contribution in [0.5, 0.6) is 0 Å². The molecular formula is C9H14N. The monoisotopic (exact) mass is 136 g/mol. The van der Waals surface area contributed by atoms with Crippen LogP contribution in [0.2, 0.25) is 0 Å². The first-order valence-electron chi connectivity index (χ1n) is 4.17. The molecule has 1 aliphatic carbocycles. The minimum Gasteiger partial charge on any atom is -0.317 e. The molecule has 55 valence electrons. The van der Waals surface area contributed by atoms with Crippen molar-refractivity contribution in [1.82, 2.24) is 5.32 Å². The summed E-state index contributed by atoms with van der Waals surface area (Å²) in [6.45, 7) is 2.44. The van der Waals surface area contributed by atoms with Crippen LogP contribution >= 0.6 is 0 Å². The maximum atomic E-state index is 3.39. The maximum absolute atomic E-state index is 3.39. The van der Waals surface area contributed by atoms with Crippen molar-refractivity contribution in [2.75, 3.05) is 13.1 Å². The van der Waals surface area contributed by atoms with Gasteiger partial charge in [0.05, 0.1) is 0 Å². The molecular weight excluding hydrogens is 122 g/mol. The van der Waals surface area contributed by atoms with Gasteiger partial charge < -0.3 is 5.32 Å². The van der Waals surface area contributed by atoms with Gasteiger partial charge in [-0.1, -0.05) is 6.08 Å². The Morgan fingerprint density at radius 1 is 1.30 bits per heavy atom. The Morgan fingerprint density at radius 2 is 2.10 bits per heavy atom. The van der Waals surface area contributed by atoms with Gasteiger partial charge in [-0.15, -0.1) is 0 Å². The molecule has 0 amide bonds. The summed E-state index contributed by atoms with van der Waals surface area (Å²) in [5, 5.41) is 3.39. The van der Waals surface area contributed by atoms with Crippen molar-refractivity contribution in [1.29, 1.82) is 0 Å². The van der Waals surface area contributed by atoms with E-state index in [4.69, 9.17) is 0 Å². The van der Waals surface area contributed by atoms with E-state index in [2.05, 4.69) is 17.5 Å². The van der Waals surface area contributed by atoms with Gasteiger partial charge in [0, 0.05) is 0 Å². The summed E-state index contributed by atoms with van der Waals surface area (Å²) in [5.41, 5.74) is 0.644. The van der Waals surface area contributed by atoms with E-state index in [-0.39, 0.29) is 0 Å². The van der Waals surface area contributed by atoms with E-state index in [1.165, 1.54) is 38.8 Å². The molecule has 0 aromatic carbocycles. The van der Waals surface area contributed by atoms with Crippen LogP contribution in [-0.2, 0) is 0 Å². The Kier molecular flexibility index (Phi) is 1.53. The van der Waals surface area contributed by atoms with Gasteiger partial charge in [0.15, 0.2) is 0 Å². The van der Waals surface area contributed by atoms with Gasteiger partial charge in [0.1, 0.15) is 0 Å². The van der Waals surface area contributed by atoms with E-state index < -0.39 is 0 Å². The summed E-state index contributed by atoms with van der Waals surface area (Å²) in [5.74, 6) is 0. The van der Waals surface area contributed by atoms with E-state index in [0.717, 1.165) is 0 Å². The largest absolute Gasteiger partial charge is 0.317 e. The molecule has 2 aliphatic rings. The van der Waals surface area contributed by atoms with Crippen LogP contribution in [-0.4, -0.2) is 13.1 Å². The summed E-state index contributed by atoms with van der Waals surface area (Å²) < 4.78 is 0. The lowest BCUT2D eigenvalue weighted by atomic mass is 9.77. The van der Waals surface area contributed by atoms with Crippen molar-refractivity contribution < 1.29 is 0 Å². The number of nitrogens with one attached hydrogen (secondary N) is 1.